The van der Waals surface area contributed by atoms with Gasteiger partial charge in [-0.05, 0) is 44.5 Å². The normalized spacial score (nSPS) is 11.8. The van der Waals surface area contributed by atoms with Crippen molar-refractivity contribution >= 4 is 11.7 Å². The van der Waals surface area contributed by atoms with Crippen molar-refractivity contribution in [2.24, 2.45) is 0 Å². The van der Waals surface area contributed by atoms with Crippen LogP contribution in [0.4, 0.5) is 0 Å². The third kappa shape index (κ3) is 4.74. The van der Waals surface area contributed by atoms with Crippen LogP contribution in [0.1, 0.15) is 53.0 Å². The highest BCUT2D eigenvalue weighted by molar-refractivity contribution is 5.99. The summed E-state index contributed by atoms with van der Waals surface area (Å²) >= 11 is 0. The summed E-state index contributed by atoms with van der Waals surface area (Å²) in [5.41, 5.74) is 3.51. The zero-order chi connectivity index (χ0) is 16.8. The van der Waals surface area contributed by atoms with Crippen molar-refractivity contribution in [1.82, 2.24) is 10.3 Å². The fourth-order valence-electron chi connectivity index (χ4n) is 2.42. The Morgan fingerprint density at radius 2 is 1.91 bits per heavy atom. The first-order valence-corrected chi connectivity index (χ1v) is 7.78. The summed E-state index contributed by atoms with van der Waals surface area (Å²) in [6, 6.07) is 11.2. The van der Waals surface area contributed by atoms with E-state index in [1.54, 1.807) is 6.20 Å². The molecule has 0 bridgehead atoms. The molecular formula is C19H22N2O2. The van der Waals surface area contributed by atoms with Gasteiger partial charge in [-0.25, -0.2) is 0 Å². The summed E-state index contributed by atoms with van der Waals surface area (Å²) < 4.78 is 0. The number of amides is 1. The predicted molar refractivity (Wildman–Crippen MR) is 90.3 cm³/mol. The number of nitrogens with zero attached hydrogens (tertiary/aromatic N) is 1. The van der Waals surface area contributed by atoms with Crippen molar-refractivity contribution in [1.29, 1.82) is 0 Å². The van der Waals surface area contributed by atoms with E-state index in [0.717, 1.165) is 16.8 Å². The molecule has 0 fully saturated rings. The van der Waals surface area contributed by atoms with Crippen molar-refractivity contribution < 1.29 is 9.59 Å². The molecular weight excluding hydrogens is 288 g/mol. The fourth-order valence-corrected chi connectivity index (χ4v) is 2.42. The van der Waals surface area contributed by atoms with E-state index in [-0.39, 0.29) is 30.6 Å². The molecule has 2 rings (SSSR count). The average Bonchev–Trinajstić information content (AvgIpc) is 2.55. The summed E-state index contributed by atoms with van der Waals surface area (Å²) in [7, 11) is 0. The summed E-state index contributed by atoms with van der Waals surface area (Å²) in [5, 5.41) is 2.88. The molecule has 0 aliphatic heterocycles. The van der Waals surface area contributed by atoms with E-state index < -0.39 is 0 Å². The van der Waals surface area contributed by atoms with Crippen molar-refractivity contribution in [3.63, 3.8) is 0 Å². The molecule has 4 heteroatoms. The van der Waals surface area contributed by atoms with Crippen molar-refractivity contribution in [3.8, 4) is 0 Å². The molecule has 0 radical (unpaired) electrons. The summed E-state index contributed by atoms with van der Waals surface area (Å²) in [6.45, 7) is 5.75. The van der Waals surface area contributed by atoms with Crippen LogP contribution in [0.25, 0.3) is 0 Å². The van der Waals surface area contributed by atoms with Crippen molar-refractivity contribution in [2.75, 3.05) is 0 Å². The molecule has 120 valence electrons. The van der Waals surface area contributed by atoms with E-state index in [1.165, 1.54) is 0 Å². The lowest BCUT2D eigenvalue weighted by atomic mass is 9.99. The number of aromatic nitrogens is 1. The van der Waals surface area contributed by atoms with E-state index in [4.69, 9.17) is 0 Å². The number of pyridine rings is 1. The standard InChI is InChI=1S/C19H22N2O2/c1-13-7-8-14(2)16(12-13)18(22)9-10-19(23)21-15(3)17-6-4-5-11-20-17/h4-8,11-12,15H,9-10H2,1-3H3,(H,21,23). The molecule has 0 saturated heterocycles. The molecule has 1 aromatic carbocycles. The van der Waals surface area contributed by atoms with Gasteiger partial charge in [-0.1, -0.05) is 23.8 Å². The number of benzene rings is 1. The Morgan fingerprint density at radius 1 is 1.13 bits per heavy atom. The van der Waals surface area contributed by atoms with E-state index in [2.05, 4.69) is 10.3 Å². The van der Waals surface area contributed by atoms with Crippen LogP contribution in [0.15, 0.2) is 42.6 Å². The van der Waals surface area contributed by atoms with Crippen LogP contribution in [0.2, 0.25) is 0 Å². The van der Waals surface area contributed by atoms with Gasteiger partial charge in [0, 0.05) is 24.6 Å². The number of hydrogen-bond acceptors (Lipinski definition) is 3. The Bertz CT molecular complexity index is 696. The molecule has 23 heavy (non-hydrogen) atoms. The Kier molecular flexibility index (Phi) is 5.63. The molecule has 4 nitrogen and oxygen atoms in total. The highest BCUT2D eigenvalue weighted by Crippen LogP contribution is 2.14. The van der Waals surface area contributed by atoms with Crippen LogP contribution in [0.5, 0.6) is 0 Å². The Morgan fingerprint density at radius 3 is 2.61 bits per heavy atom. The lowest BCUT2D eigenvalue weighted by molar-refractivity contribution is -0.121. The molecule has 1 atom stereocenters. The first kappa shape index (κ1) is 16.9. The maximum atomic E-state index is 12.3. The Balaban J connectivity index is 1.89. The molecule has 1 heterocycles. The van der Waals surface area contributed by atoms with Crippen LogP contribution in [-0.4, -0.2) is 16.7 Å². The zero-order valence-electron chi connectivity index (χ0n) is 13.8. The van der Waals surface area contributed by atoms with Gasteiger partial charge in [0.15, 0.2) is 5.78 Å². The van der Waals surface area contributed by atoms with Gasteiger partial charge >= 0.3 is 0 Å². The maximum absolute atomic E-state index is 12.3. The van der Waals surface area contributed by atoms with Crippen LogP contribution in [-0.2, 0) is 4.79 Å². The monoisotopic (exact) mass is 310 g/mol. The molecule has 1 N–H and O–H groups in total. The number of carbonyl (C=O) groups excluding carboxylic acids is 2. The van der Waals surface area contributed by atoms with Gasteiger partial charge in [-0.3, -0.25) is 14.6 Å². The number of Topliss-reactive ketones (excluding diaryl/α,β-unsaturated/α-hetero) is 1. The third-order valence-corrected chi connectivity index (χ3v) is 3.78. The van der Waals surface area contributed by atoms with Gasteiger partial charge in [-0.2, -0.15) is 0 Å². The fraction of sp³-hybridized carbons (Fsp3) is 0.316. The lowest BCUT2D eigenvalue weighted by Gasteiger charge is -2.13. The first-order chi connectivity index (χ1) is 11.0. The molecule has 0 spiro atoms. The Labute approximate surface area is 137 Å². The minimum absolute atomic E-state index is 0.00633. The summed E-state index contributed by atoms with van der Waals surface area (Å²) in [5.74, 6) is -0.131. The molecule has 0 aliphatic carbocycles. The minimum Gasteiger partial charge on any atom is -0.348 e. The predicted octanol–water partition coefficient (Wildman–Crippen LogP) is 3.54. The highest BCUT2D eigenvalue weighted by Gasteiger charge is 2.14. The number of carbonyl (C=O) groups is 2. The molecule has 2 aromatic rings. The first-order valence-electron chi connectivity index (χ1n) is 7.78. The van der Waals surface area contributed by atoms with Crippen molar-refractivity contribution in [3.05, 3.63) is 65.0 Å². The Hall–Kier alpha value is -2.49. The topological polar surface area (TPSA) is 59.1 Å². The number of hydrogen-bond donors (Lipinski definition) is 1. The smallest absolute Gasteiger partial charge is 0.220 e. The molecule has 0 saturated carbocycles. The van der Waals surface area contributed by atoms with E-state index in [0.29, 0.717) is 5.56 Å². The highest BCUT2D eigenvalue weighted by atomic mass is 16.2. The number of aryl methyl sites for hydroxylation is 2. The molecule has 0 aliphatic rings. The van der Waals surface area contributed by atoms with Crippen molar-refractivity contribution in [2.45, 2.75) is 39.7 Å². The summed E-state index contributed by atoms with van der Waals surface area (Å²) in [4.78, 5) is 28.5. The van der Waals surface area contributed by atoms with Crippen LogP contribution >= 0.6 is 0 Å². The maximum Gasteiger partial charge on any atom is 0.220 e. The van der Waals surface area contributed by atoms with Gasteiger partial charge < -0.3 is 5.32 Å². The number of nitrogens with one attached hydrogen (secondary N) is 1. The van der Waals surface area contributed by atoms with Gasteiger partial charge in [0.05, 0.1) is 11.7 Å². The SMILES string of the molecule is Cc1ccc(C)c(C(=O)CCC(=O)NC(C)c2ccccn2)c1. The second kappa shape index (κ2) is 7.68. The molecule has 1 amide bonds. The number of ketones is 1. The quantitative estimate of drug-likeness (QED) is 0.830. The average molecular weight is 310 g/mol. The minimum atomic E-state index is -0.167. The number of rotatable bonds is 6. The van der Waals surface area contributed by atoms with Crippen LogP contribution in [0, 0.1) is 13.8 Å². The van der Waals surface area contributed by atoms with Gasteiger partial charge in [0.1, 0.15) is 0 Å². The lowest BCUT2D eigenvalue weighted by Crippen LogP contribution is -2.27. The third-order valence-electron chi connectivity index (χ3n) is 3.78. The van der Waals surface area contributed by atoms with Gasteiger partial charge in [0.25, 0.3) is 0 Å². The van der Waals surface area contributed by atoms with Gasteiger partial charge in [0.2, 0.25) is 5.91 Å². The van der Waals surface area contributed by atoms with Gasteiger partial charge in [-0.15, -0.1) is 0 Å². The second-order valence-electron chi connectivity index (χ2n) is 5.79. The largest absolute Gasteiger partial charge is 0.348 e. The van der Waals surface area contributed by atoms with E-state index >= 15 is 0 Å². The van der Waals surface area contributed by atoms with Crippen LogP contribution < -0.4 is 5.32 Å². The molecule has 1 unspecified atom stereocenters. The second-order valence-corrected chi connectivity index (χ2v) is 5.79. The van der Waals surface area contributed by atoms with E-state index in [1.807, 2.05) is 57.2 Å². The summed E-state index contributed by atoms with van der Waals surface area (Å²) in [6.07, 6.45) is 2.09. The van der Waals surface area contributed by atoms with E-state index in [9.17, 15) is 9.59 Å². The van der Waals surface area contributed by atoms with Crippen LogP contribution in [0.3, 0.4) is 0 Å². The zero-order valence-corrected chi connectivity index (χ0v) is 13.8. The molecule has 1 aromatic heterocycles.